The van der Waals surface area contributed by atoms with Gasteiger partial charge in [-0.15, -0.1) is 0 Å². The maximum absolute atomic E-state index is 6.45. The van der Waals surface area contributed by atoms with Crippen LogP contribution in [0.15, 0.2) is 186 Å². The third-order valence-electron chi connectivity index (χ3n) is 9.86. The maximum atomic E-state index is 6.45. The highest BCUT2D eigenvalue weighted by atomic mass is 16.3. The SMILES string of the molecule is c1ccc(-c2cccc(-c3nc(-c4cccc(-c5cccc(-c6cc7ccccc7c7ccccc67)c5)c4)nc4c3oc3ccccc34)c2)cc1. The molecule has 0 atom stereocenters. The summed E-state index contributed by atoms with van der Waals surface area (Å²) in [5.74, 6) is 0.660. The average Bonchev–Trinajstić information content (AvgIpc) is 3.59. The molecule has 2 heterocycles. The minimum atomic E-state index is 0.660. The van der Waals surface area contributed by atoms with E-state index in [1.165, 1.54) is 32.7 Å². The summed E-state index contributed by atoms with van der Waals surface area (Å²) in [6.45, 7) is 0. The molecule has 0 aliphatic carbocycles. The standard InChI is InChI=1S/C48H30N2O/c1-2-13-31(14-3-1)32-16-11-20-37(28-32)45-47-46(42-25-8-9-26-44(42)51-47)50-48(49-45)38-21-12-18-34(29-38)33-17-10-19-35(27-33)43-30-36-15-4-5-22-39(36)40-23-6-7-24-41(40)43/h1-30H. The van der Waals surface area contributed by atoms with E-state index in [0.29, 0.717) is 11.4 Å². The van der Waals surface area contributed by atoms with Gasteiger partial charge in [0.2, 0.25) is 0 Å². The van der Waals surface area contributed by atoms with Crippen molar-refractivity contribution in [3.05, 3.63) is 182 Å². The Morgan fingerprint density at radius 1 is 0.353 bits per heavy atom. The number of hydrogen-bond acceptors (Lipinski definition) is 3. The number of hydrogen-bond donors (Lipinski definition) is 0. The van der Waals surface area contributed by atoms with Crippen LogP contribution in [-0.2, 0) is 0 Å². The predicted octanol–water partition coefficient (Wildman–Crippen LogP) is 13.0. The van der Waals surface area contributed by atoms with Gasteiger partial charge < -0.3 is 4.42 Å². The van der Waals surface area contributed by atoms with E-state index in [0.717, 1.165) is 55.6 Å². The summed E-state index contributed by atoms with van der Waals surface area (Å²) in [4.78, 5) is 10.4. The molecule has 0 aliphatic heterocycles. The molecule has 238 valence electrons. The molecule has 0 radical (unpaired) electrons. The smallest absolute Gasteiger partial charge is 0.180 e. The fourth-order valence-electron chi connectivity index (χ4n) is 7.39. The van der Waals surface area contributed by atoms with Crippen LogP contribution in [0.3, 0.4) is 0 Å². The molecular weight excluding hydrogens is 621 g/mol. The first kappa shape index (κ1) is 29.1. The monoisotopic (exact) mass is 650 g/mol. The van der Waals surface area contributed by atoms with E-state index >= 15 is 0 Å². The quantitative estimate of drug-likeness (QED) is 0.174. The Labute approximate surface area is 295 Å². The van der Waals surface area contributed by atoms with Crippen molar-refractivity contribution in [3.8, 4) is 56.0 Å². The molecule has 51 heavy (non-hydrogen) atoms. The molecule has 0 saturated carbocycles. The number of fused-ring (bicyclic) bond motifs is 6. The minimum Gasteiger partial charge on any atom is -0.452 e. The Morgan fingerprint density at radius 2 is 0.902 bits per heavy atom. The van der Waals surface area contributed by atoms with Crippen LogP contribution in [0.5, 0.6) is 0 Å². The Morgan fingerprint density at radius 3 is 1.71 bits per heavy atom. The van der Waals surface area contributed by atoms with Crippen molar-refractivity contribution in [1.82, 2.24) is 9.97 Å². The van der Waals surface area contributed by atoms with Gasteiger partial charge in [0.25, 0.3) is 0 Å². The average molecular weight is 651 g/mol. The second kappa shape index (κ2) is 11.9. The number of nitrogens with zero attached hydrogens (tertiary/aromatic N) is 2. The highest BCUT2D eigenvalue weighted by Gasteiger charge is 2.19. The molecule has 10 rings (SSSR count). The number of benzene rings is 8. The summed E-state index contributed by atoms with van der Waals surface area (Å²) in [7, 11) is 0. The lowest BCUT2D eigenvalue weighted by Gasteiger charge is -2.13. The fraction of sp³-hybridized carbons (Fsp3) is 0. The molecule has 10 aromatic rings. The van der Waals surface area contributed by atoms with Gasteiger partial charge in [-0.3, -0.25) is 0 Å². The van der Waals surface area contributed by atoms with Crippen molar-refractivity contribution in [2.75, 3.05) is 0 Å². The van der Waals surface area contributed by atoms with Crippen LogP contribution in [0.4, 0.5) is 0 Å². The number of rotatable bonds is 5. The Hall–Kier alpha value is -6.84. The summed E-state index contributed by atoms with van der Waals surface area (Å²) < 4.78 is 6.45. The van der Waals surface area contributed by atoms with Crippen LogP contribution in [0.1, 0.15) is 0 Å². The molecule has 0 fully saturated rings. The lowest BCUT2D eigenvalue weighted by molar-refractivity contribution is 0.667. The third kappa shape index (κ3) is 5.06. The predicted molar refractivity (Wildman–Crippen MR) is 212 cm³/mol. The molecule has 3 nitrogen and oxygen atoms in total. The lowest BCUT2D eigenvalue weighted by Crippen LogP contribution is -1.94. The van der Waals surface area contributed by atoms with E-state index < -0.39 is 0 Å². The first-order chi connectivity index (χ1) is 25.3. The van der Waals surface area contributed by atoms with Crippen LogP contribution in [0.25, 0.3) is 99.6 Å². The van der Waals surface area contributed by atoms with Gasteiger partial charge in [0.1, 0.15) is 16.8 Å². The van der Waals surface area contributed by atoms with Crippen molar-refractivity contribution < 1.29 is 4.42 Å². The second-order valence-corrected chi connectivity index (χ2v) is 13.0. The summed E-state index contributed by atoms with van der Waals surface area (Å²) in [5, 5.41) is 6.00. The normalized spacial score (nSPS) is 11.5. The zero-order valence-electron chi connectivity index (χ0n) is 27.6. The molecule has 8 aromatic carbocycles. The van der Waals surface area contributed by atoms with Crippen molar-refractivity contribution >= 4 is 43.6 Å². The van der Waals surface area contributed by atoms with Gasteiger partial charge in [-0.1, -0.05) is 146 Å². The topological polar surface area (TPSA) is 38.9 Å². The largest absolute Gasteiger partial charge is 0.452 e. The minimum absolute atomic E-state index is 0.660. The van der Waals surface area contributed by atoms with Crippen molar-refractivity contribution in [3.63, 3.8) is 0 Å². The molecule has 3 heteroatoms. The van der Waals surface area contributed by atoms with Crippen LogP contribution in [0, 0.1) is 0 Å². The van der Waals surface area contributed by atoms with E-state index in [4.69, 9.17) is 14.4 Å². The van der Waals surface area contributed by atoms with Crippen molar-refractivity contribution in [1.29, 1.82) is 0 Å². The zero-order valence-corrected chi connectivity index (χ0v) is 27.6. The Bertz CT molecular complexity index is 2920. The number of furan rings is 1. The molecule has 0 spiro atoms. The van der Waals surface area contributed by atoms with Crippen molar-refractivity contribution in [2.24, 2.45) is 0 Å². The van der Waals surface area contributed by atoms with E-state index in [-0.39, 0.29) is 0 Å². The van der Waals surface area contributed by atoms with Crippen LogP contribution in [-0.4, -0.2) is 9.97 Å². The summed E-state index contributed by atoms with van der Waals surface area (Å²) in [6, 6.07) is 64.1. The molecule has 2 aromatic heterocycles. The molecular formula is C48H30N2O. The van der Waals surface area contributed by atoms with Gasteiger partial charge in [-0.05, 0) is 91.3 Å². The molecule has 0 unspecified atom stereocenters. The van der Waals surface area contributed by atoms with Crippen molar-refractivity contribution in [2.45, 2.75) is 0 Å². The summed E-state index contributed by atoms with van der Waals surface area (Å²) >= 11 is 0. The summed E-state index contributed by atoms with van der Waals surface area (Å²) in [6.07, 6.45) is 0. The zero-order chi connectivity index (χ0) is 33.7. The Balaban J connectivity index is 1.11. The summed E-state index contributed by atoms with van der Waals surface area (Å²) in [5.41, 5.74) is 11.9. The second-order valence-electron chi connectivity index (χ2n) is 13.0. The van der Waals surface area contributed by atoms with Crippen LogP contribution in [0.2, 0.25) is 0 Å². The van der Waals surface area contributed by atoms with Gasteiger partial charge in [0.15, 0.2) is 11.4 Å². The van der Waals surface area contributed by atoms with Gasteiger partial charge in [-0.2, -0.15) is 0 Å². The van der Waals surface area contributed by atoms with Gasteiger partial charge in [-0.25, -0.2) is 9.97 Å². The first-order valence-corrected chi connectivity index (χ1v) is 17.2. The fourth-order valence-corrected chi connectivity index (χ4v) is 7.39. The number of aromatic nitrogens is 2. The molecule has 0 amide bonds. The number of para-hydroxylation sites is 1. The highest BCUT2D eigenvalue weighted by Crippen LogP contribution is 2.39. The van der Waals surface area contributed by atoms with Gasteiger partial charge >= 0.3 is 0 Å². The Kier molecular flexibility index (Phi) is 6.81. The van der Waals surface area contributed by atoms with Crippen LogP contribution < -0.4 is 0 Å². The van der Waals surface area contributed by atoms with E-state index in [1.807, 2.05) is 24.3 Å². The third-order valence-corrected chi connectivity index (χ3v) is 9.86. The lowest BCUT2D eigenvalue weighted by atomic mass is 9.91. The molecule has 0 saturated heterocycles. The van der Waals surface area contributed by atoms with Crippen LogP contribution >= 0.6 is 0 Å². The molecule has 0 aliphatic rings. The van der Waals surface area contributed by atoms with E-state index in [2.05, 4.69) is 158 Å². The van der Waals surface area contributed by atoms with Gasteiger partial charge in [0.05, 0.1) is 0 Å². The molecule has 0 bridgehead atoms. The highest BCUT2D eigenvalue weighted by molar-refractivity contribution is 6.14. The molecule has 0 N–H and O–H groups in total. The maximum Gasteiger partial charge on any atom is 0.180 e. The first-order valence-electron chi connectivity index (χ1n) is 17.2. The van der Waals surface area contributed by atoms with E-state index in [9.17, 15) is 0 Å². The van der Waals surface area contributed by atoms with E-state index in [1.54, 1.807) is 0 Å². The van der Waals surface area contributed by atoms with Gasteiger partial charge in [0, 0.05) is 16.5 Å².